The van der Waals surface area contributed by atoms with Crippen molar-refractivity contribution in [3.8, 4) is 12.3 Å². The summed E-state index contributed by atoms with van der Waals surface area (Å²) >= 11 is 0. The van der Waals surface area contributed by atoms with E-state index in [1.165, 1.54) is 0 Å². The van der Waals surface area contributed by atoms with E-state index >= 15 is 0 Å². The summed E-state index contributed by atoms with van der Waals surface area (Å²) in [5, 5.41) is 5.94. The fourth-order valence-corrected chi connectivity index (χ4v) is 1.65. The minimum atomic E-state index is 0.0897. The summed E-state index contributed by atoms with van der Waals surface area (Å²) in [5.41, 5.74) is 3.08. The molecule has 1 amide bonds. The van der Waals surface area contributed by atoms with Gasteiger partial charge in [0.25, 0.3) is 0 Å². The minimum Gasteiger partial charge on any atom is -0.374 e. The second-order valence-electron chi connectivity index (χ2n) is 3.48. The van der Waals surface area contributed by atoms with Crippen LogP contribution < -0.4 is 10.6 Å². The second kappa shape index (κ2) is 4.05. The molecule has 0 fully saturated rings. The first kappa shape index (κ1) is 9.60. The third-order valence-electron chi connectivity index (χ3n) is 2.40. The summed E-state index contributed by atoms with van der Waals surface area (Å²) in [6.45, 7) is 0.519. The van der Waals surface area contributed by atoms with Crippen LogP contribution in [0.15, 0.2) is 18.2 Å². The van der Waals surface area contributed by atoms with E-state index in [4.69, 9.17) is 6.42 Å². The maximum Gasteiger partial charge on any atom is 0.224 e. The van der Waals surface area contributed by atoms with Crippen molar-refractivity contribution in [3.63, 3.8) is 0 Å². The molecule has 3 heteroatoms. The van der Waals surface area contributed by atoms with Gasteiger partial charge in [-0.1, -0.05) is 5.92 Å². The number of benzene rings is 1. The number of hydrogen-bond acceptors (Lipinski definition) is 2. The number of carbonyl (C=O) groups excluding carboxylic acids is 1. The van der Waals surface area contributed by atoms with Crippen molar-refractivity contribution in [2.24, 2.45) is 0 Å². The first-order valence-electron chi connectivity index (χ1n) is 4.90. The third-order valence-corrected chi connectivity index (χ3v) is 2.40. The molecule has 2 N–H and O–H groups in total. The maximum absolute atomic E-state index is 11.1. The first-order valence-corrected chi connectivity index (χ1v) is 4.90. The summed E-state index contributed by atoms with van der Waals surface area (Å²) in [7, 11) is 0. The van der Waals surface area contributed by atoms with Gasteiger partial charge in [0.2, 0.25) is 5.91 Å². The number of amides is 1. The molecular weight excluding hydrogens is 188 g/mol. The van der Waals surface area contributed by atoms with Crippen LogP contribution in [0.1, 0.15) is 12.0 Å². The van der Waals surface area contributed by atoms with Gasteiger partial charge >= 0.3 is 0 Å². The summed E-state index contributed by atoms with van der Waals surface area (Å²) in [4.78, 5) is 11.1. The van der Waals surface area contributed by atoms with E-state index in [1.807, 2.05) is 18.2 Å². The Hall–Kier alpha value is -1.95. The second-order valence-corrected chi connectivity index (χ2v) is 3.48. The molecule has 0 atom stereocenters. The standard InChI is InChI=1S/C12H12N2O/c1-2-7-13-10-4-5-11-9(8-10)3-6-12(15)14-11/h1,4-5,8,13H,3,6-7H2,(H,14,15). The molecule has 0 saturated carbocycles. The van der Waals surface area contributed by atoms with Crippen LogP contribution in [0.5, 0.6) is 0 Å². The Labute approximate surface area is 88.9 Å². The van der Waals surface area contributed by atoms with E-state index in [-0.39, 0.29) is 5.91 Å². The lowest BCUT2D eigenvalue weighted by Gasteiger charge is -2.17. The zero-order valence-electron chi connectivity index (χ0n) is 8.34. The van der Waals surface area contributed by atoms with E-state index in [1.54, 1.807) is 0 Å². The van der Waals surface area contributed by atoms with Crippen LogP contribution in [0.25, 0.3) is 0 Å². The Kier molecular flexibility index (Phi) is 2.59. The lowest BCUT2D eigenvalue weighted by Crippen LogP contribution is -2.18. The fraction of sp³-hybridized carbons (Fsp3) is 0.250. The number of fused-ring (bicyclic) bond motifs is 1. The smallest absolute Gasteiger partial charge is 0.224 e. The van der Waals surface area contributed by atoms with Crippen LogP contribution in [0, 0.1) is 12.3 Å². The molecule has 76 valence electrons. The van der Waals surface area contributed by atoms with Gasteiger partial charge in [-0.25, -0.2) is 0 Å². The molecule has 0 unspecified atom stereocenters. The maximum atomic E-state index is 11.1. The highest BCUT2D eigenvalue weighted by Gasteiger charge is 2.14. The molecule has 0 saturated heterocycles. The third kappa shape index (κ3) is 2.10. The van der Waals surface area contributed by atoms with Crippen LogP contribution in [0.4, 0.5) is 11.4 Å². The normalized spacial score (nSPS) is 13.7. The number of anilines is 2. The first-order chi connectivity index (χ1) is 7.29. The van der Waals surface area contributed by atoms with E-state index in [0.717, 1.165) is 23.4 Å². The SMILES string of the molecule is C#CCNc1ccc2c(c1)CCC(=O)N2. The number of terminal acetylenes is 1. The molecular formula is C12H12N2O. The molecule has 3 nitrogen and oxygen atoms in total. The predicted molar refractivity (Wildman–Crippen MR) is 60.7 cm³/mol. The van der Waals surface area contributed by atoms with Crippen LogP contribution in [0.2, 0.25) is 0 Å². The number of rotatable bonds is 2. The van der Waals surface area contributed by atoms with Gasteiger partial charge < -0.3 is 10.6 Å². The topological polar surface area (TPSA) is 41.1 Å². The molecule has 2 rings (SSSR count). The molecule has 1 aromatic carbocycles. The average Bonchev–Trinajstić information content (AvgIpc) is 2.26. The van der Waals surface area contributed by atoms with Crippen molar-refractivity contribution < 1.29 is 4.79 Å². The molecule has 15 heavy (non-hydrogen) atoms. The van der Waals surface area contributed by atoms with Crippen LogP contribution >= 0.6 is 0 Å². The lowest BCUT2D eigenvalue weighted by atomic mass is 10.0. The average molecular weight is 200 g/mol. The van der Waals surface area contributed by atoms with Crippen molar-refractivity contribution in [1.29, 1.82) is 0 Å². The van der Waals surface area contributed by atoms with Crippen molar-refractivity contribution in [1.82, 2.24) is 0 Å². The Morgan fingerprint density at radius 1 is 1.47 bits per heavy atom. The monoisotopic (exact) mass is 200 g/mol. The Morgan fingerprint density at radius 3 is 3.13 bits per heavy atom. The molecule has 1 aliphatic heterocycles. The molecule has 0 aromatic heterocycles. The van der Waals surface area contributed by atoms with Gasteiger partial charge in [-0.2, -0.15) is 0 Å². The molecule has 1 aromatic rings. The fourth-order valence-electron chi connectivity index (χ4n) is 1.65. The van der Waals surface area contributed by atoms with Gasteiger partial charge in [-0.3, -0.25) is 4.79 Å². The molecule has 0 aliphatic carbocycles. The van der Waals surface area contributed by atoms with Gasteiger partial charge in [0.05, 0.1) is 6.54 Å². The number of hydrogen-bond donors (Lipinski definition) is 2. The van der Waals surface area contributed by atoms with Crippen LogP contribution in [-0.4, -0.2) is 12.5 Å². The van der Waals surface area contributed by atoms with Gasteiger partial charge in [0.1, 0.15) is 0 Å². The summed E-state index contributed by atoms with van der Waals surface area (Å²) in [6, 6.07) is 5.86. The van der Waals surface area contributed by atoms with Crippen LogP contribution in [0.3, 0.4) is 0 Å². The quantitative estimate of drug-likeness (QED) is 0.712. The largest absolute Gasteiger partial charge is 0.374 e. The highest BCUT2D eigenvalue weighted by atomic mass is 16.1. The summed E-state index contributed by atoms with van der Waals surface area (Å²) in [6.07, 6.45) is 6.52. The minimum absolute atomic E-state index is 0.0897. The highest BCUT2D eigenvalue weighted by molar-refractivity contribution is 5.94. The van der Waals surface area contributed by atoms with Gasteiger partial charge in [-0.15, -0.1) is 6.42 Å². The number of carbonyl (C=O) groups is 1. The highest BCUT2D eigenvalue weighted by Crippen LogP contribution is 2.25. The van der Waals surface area contributed by atoms with E-state index < -0.39 is 0 Å². The van der Waals surface area contributed by atoms with E-state index in [2.05, 4.69) is 16.6 Å². The molecule has 1 aliphatic rings. The Balaban J connectivity index is 2.20. The van der Waals surface area contributed by atoms with Gasteiger partial charge in [-0.05, 0) is 30.2 Å². The summed E-state index contributed by atoms with van der Waals surface area (Å²) < 4.78 is 0. The predicted octanol–water partition coefficient (Wildman–Crippen LogP) is 1.62. The molecule has 1 heterocycles. The molecule has 0 radical (unpaired) electrons. The number of aryl methyl sites for hydroxylation is 1. The van der Waals surface area contributed by atoms with E-state index in [0.29, 0.717) is 13.0 Å². The Bertz CT molecular complexity index is 432. The van der Waals surface area contributed by atoms with Crippen molar-refractivity contribution in [3.05, 3.63) is 23.8 Å². The van der Waals surface area contributed by atoms with Gasteiger partial charge in [0.15, 0.2) is 0 Å². The number of nitrogens with one attached hydrogen (secondary N) is 2. The lowest BCUT2D eigenvalue weighted by molar-refractivity contribution is -0.116. The van der Waals surface area contributed by atoms with Crippen molar-refractivity contribution >= 4 is 17.3 Å². The van der Waals surface area contributed by atoms with E-state index in [9.17, 15) is 4.79 Å². The van der Waals surface area contributed by atoms with Crippen LogP contribution in [-0.2, 0) is 11.2 Å². The van der Waals surface area contributed by atoms with Crippen molar-refractivity contribution in [2.75, 3.05) is 17.2 Å². The molecule has 0 spiro atoms. The zero-order valence-corrected chi connectivity index (χ0v) is 8.34. The van der Waals surface area contributed by atoms with Crippen molar-refractivity contribution in [2.45, 2.75) is 12.8 Å². The Morgan fingerprint density at radius 2 is 2.33 bits per heavy atom. The zero-order chi connectivity index (χ0) is 10.7. The molecule has 0 bridgehead atoms. The van der Waals surface area contributed by atoms with Gasteiger partial charge in [0, 0.05) is 17.8 Å². The summed E-state index contributed by atoms with van der Waals surface area (Å²) in [5.74, 6) is 2.61.